The smallest absolute Gasteiger partial charge is 0.193 e. The van der Waals surface area contributed by atoms with Crippen LogP contribution in [0.4, 0.5) is 0 Å². The standard InChI is InChI=1S/C6H6ClNO2S/c7-5-11(9,10)6-2-1-3-8-4-6/h1-4H,5H2. The predicted molar refractivity (Wildman–Crippen MR) is 42.1 cm³/mol. The Bertz CT molecular complexity index is 322. The number of alkyl halides is 1. The van der Waals surface area contributed by atoms with Gasteiger partial charge in [0.2, 0.25) is 0 Å². The van der Waals surface area contributed by atoms with E-state index in [2.05, 4.69) is 4.98 Å². The van der Waals surface area contributed by atoms with Crippen LogP contribution < -0.4 is 0 Å². The highest BCUT2D eigenvalue weighted by atomic mass is 35.5. The lowest BCUT2D eigenvalue weighted by molar-refractivity contribution is 0.600. The molecule has 0 unspecified atom stereocenters. The van der Waals surface area contributed by atoms with Crippen LogP contribution in [0, 0.1) is 0 Å². The number of nitrogens with zero attached hydrogens (tertiary/aromatic N) is 1. The zero-order valence-corrected chi connectivity index (χ0v) is 7.14. The van der Waals surface area contributed by atoms with Gasteiger partial charge in [-0.1, -0.05) is 0 Å². The Hall–Kier alpha value is -0.610. The lowest BCUT2D eigenvalue weighted by Crippen LogP contribution is -2.01. The van der Waals surface area contributed by atoms with Crippen molar-refractivity contribution in [1.29, 1.82) is 0 Å². The molecule has 1 aromatic rings. The summed E-state index contributed by atoms with van der Waals surface area (Å²) in [5.41, 5.74) is 0. The molecule has 1 rings (SSSR count). The Morgan fingerprint density at radius 3 is 2.73 bits per heavy atom. The Labute approximate surface area is 69.9 Å². The number of rotatable bonds is 2. The third kappa shape index (κ3) is 1.91. The van der Waals surface area contributed by atoms with E-state index < -0.39 is 15.0 Å². The number of halogens is 1. The number of sulfone groups is 1. The van der Waals surface area contributed by atoms with Crippen LogP contribution in [0.15, 0.2) is 29.4 Å². The summed E-state index contributed by atoms with van der Waals surface area (Å²) in [6.07, 6.45) is 2.78. The molecule has 0 aromatic carbocycles. The van der Waals surface area contributed by atoms with Crippen LogP contribution in [0.3, 0.4) is 0 Å². The van der Waals surface area contributed by atoms with Crippen LogP contribution in [0.2, 0.25) is 0 Å². The maximum absolute atomic E-state index is 11.0. The Balaban J connectivity index is 3.14. The fourth-order valence-corrected chi connectivity index (χ4v) is 1.61. The fourth-order valence-electron chi connectivity index (χ4n) is 0.594. The van der Waals surface area contributed by atoms with Gasteiger partial charge in [0, 0.05) is 12.4 Å². The topological polar surface area (TPSA) is 47.0 Å². The minimum atomic E-state index is -3.30. The highest BCUT2D eigenvalue weighted by Gasteiger charge is 2.11. The molecule has 0 spiro atoms. The molecule has 0 aliphatic rings. The first kappa shape index (κ1) is 8.49. The largest absolute Gasteiger partial charge is 0.263 e. The summed E-state index contributed by atoms with van der Waals surface area (Å²) in [5, 5.41) is -0.404. The Morgan fingerprint density at radius 2 is 2.27 bits per heavy atom. The predicted octanol–water partition coefficient (Wildman–Crippen LogP) is 1.05. The SMILES string of the molecule is O=S(=O)(CCl)c1cccnc1. The molecule has 3 nitrogen and oxygen atoms in total. The third-order valence-electron chi connectivity index (χ3n) is 1.14. The van der Waals surface area contributed by atoms with E-state index in [1.54, 1.807) is 6.07 Å². The lowest BCUT2D eigenvalue weighted by atomic mass is 10.5. The molecule has 0 aliphatic carbocycles. The summed E-state index contributed by atoms with van der Waals surface area (Å²) in [6, 6.07) is 3.02. The molecule has 0 atom stereocenters. The van der Waals surface area contributed by atoms with Gasteiger partial charge < -0.3 is 0 Å². The van der Waals surface area contributed by atoms with Crippen LogP contribution in [-0.4, -0.2) is 18.6 Å². The molecule has 0 bridgehead atoms. The van der Waals surface area contributed by atoms with Gasteiger partial charge in [-0.15, -0.1) is 11.6 Å². The van der Waals surface area contributed by atoms with Crippen molar-refractivity contribution in [2.45, 2.75) is 4.90 Å². The van der Waals surface area contributed by atoms with E-state index >= 15 is 0 Å². The van der Waals surface area contributed by atoms with Crippen LogP contribution >= 0.6 is 11.6 Å². The van der Waals surface area contributed by atoms with E-state index in [1.807, 2.05) is 0 Å². The van der Waals surface area contributed by atoms with Crippen molar-refractivity contribution in [3.05, 3.63) is 24.5 Å². The Morgan fingerprint density at radius 1 is 1.55 bits per heavy atom. The van der Waals surface area contributed by atoms with Crippen molar-refractivity contribution in [2.24, 2.45) is 0 Å². The molecule has 1 heterocycles. The van der Waals surface area contributed by atoms with Crippen LogP contribution in [-0.2, 0) is 9.84 Å². The van der Waals surface area contributed by atoms with Gasteiger partial charge in [0.05, 0.1) is 4.90 Å². The van der Waals surface area contributed by atoms with Gasteiger partial charge in [-0.05, 0) is 12.1 Å². The summed E-state index contributed by atoms with van der Waals surface area (Å²) in [6.45, 7) is 0. The maximum Gasteiger partial charge on any atom is 0.193 e. The second-order valence-corrected chi connectivity index (χ2v) is 4.49. The molecule has 0 saturated carbocycles. The molecule has 5 heteroatoms. The van der Waals surface area contributed by atoms with Crippen LogP contribution in [0.5, 0.6) is 0 Å². The van der Waals surface area contributed by atoms with Crippen molar-refractivity contribution in [3.63, 3.8) is 0 Å². The van der Waals surface area contributed by atoms with E-state index in [9.17, 15) is 8.42 Å². The third-order valence-corrected chi connectivity index (χ3v) is 3.25. The summed E-state index contributed by atoms with van der Waals surface area (Å²) in [4.78, 5) is 3.82. The fraction of sp³-hybridized carbons (Fsp3) is 0.167. The molecule has 60 valence electrons. The molecule has 0 radical (unpaired) electrons. The van der Waals surface area contributed by atoms with Crippen molar-refractivity contribution in [1.82, 2.24) is 4.98 Å². The molecule has 0 N–H and O–H groups in total. The zero-order chi connectivity index (χ0) is 8.32. The van der Waals surface area contributed by atoms with Gasteiger partial charge in [0.15, 0.2) is 9.84 Å². The second-order valence-electron chi connectivity index (χ2n) is 1.91. The maximum atomic E-state index is 11.0. The number of pyridine rings is 1. The van der Waals surface area contributed by atoms with E-state index in [0.29, 0.717) is 0 Å². The van der Waals surface area contributed by atoms with E-state index in [4.69, 9.17) is 11.6 Å². The average molecular weight is 192 g/mol. The first-order valence-corrected chi connectivity index (χ1v) is 5.04. The first-order chi connectivity index (χ1) is 5.17. The van der Waals surface area contributed by atoms with Crippen LogP contribution in [0.1, 0.15) is 0 Å². The molecule has 0 fully saturated rings. The molecule has 0 saturated heterocycles. The summed E-state index contributed by atoms with van der Waals surface area (Å²) >= 11 is 5.21. The minimum Gasteiger partial charge on any atom is -0.263 e. The second kappa shape index (κ2) is 3.19. The molecular formula is C6H6ClNO2S. The van der Waals surface area contributed by atoms with Gasteiger partial charge in [-0.25, -0.2) is 8.42 Å². The molecule has 0 aliphatic heterocycles. The Kier molecular flexibility index (Phi) is 2.46. The van der Waals surface area contributed by atoms with E-state index in [1.165, 1.54) is 18.5 Å². The van der Waals surface area contributed by atoms with Gasteiger partial charge >= 0.3 is 0 Å². The monoisotopic (exact) mass is 191 g/mol. The quantitative estimate of drug-likeness (QED) is 0.657. The summed E-state index contributed by atoms with van der Waals surface area (Å²) in [5.74, 6) is 0. The molecule has 1 aromatic heterocycles. The molecule has 11 heavy (non-hydrogen) atoms. The van der Waals surface area contributed by atoms with Gasteiger partial charge in [-0.3, -0.25) is 4.98 Å². The van der Waals surface area contributed by atoms with E-state index in [-0.39, 0.29) is 4.90 Å². The summed E-state index contributed by atoms with van der Waals surface area (Å²) in [7, 11) is -3.30. The first-order valence-electron chi connectivity index (χ1n) is 2.85. The van der Waals surface area contributed by atoms with Gasteiger partial charge in [0.1, 0.15) is 5.21 Å². The van der Waals surface area contributed by atoms with E-state index in [0.717, 1.165) is 0 Å². The van der Waals surface area contributed by atoms with Crippen molar-refractivity contribution in [3.8, 4) is 0 Å². The van der Waals surface area contributed by atoms with Crippen molar-refractivity contribution in [2.75, 3.05) is 5.21 Å². The van der Waals surface area contributed by atoms with Crippen LogP contribution in [0.25, 0.3) is 0 Å². The number of aromatic nitrogens is 1. The number of hydrogen-bond acceptors (Lipinski definition) is 3. The van der Waals surface area contributed by atoms with Crippen molar-refractivity contribution >= 4 is 21.4 Å². The normalized spacial score (nSPS) is 11.4. The molecule has 0 amide bonds. The minimum absolute atomic E-state index is 0.162. The summed E-state index contributed by atoms with van der Waals surface area (Å²) < 4.78 is 22.1. The lowest BCUT2D eigenvalue weighted by Gasteiger charge is -1.96. The highest BCUT2D eigenvalue weighted by Crippen LogP contribution is 2.08. The molecular weight excluding hydrogens is 186 g/mol. The van der Waals surface area contributed by atoms with Gasteiger partial charge in [0.25, 0.3) is 0 Å². The zero-order valence-electron chi connectivity index (χ0n) is 5.57. The van der Waals surface area contributed by atoms with Gasteiger partial charge in [-0.2, -0.15) is 0 Å². The highest BCUT2D eigenvalue weighted by molar-refractivity contribution is 7.92. The number of hydrogen-bond donors (Lipinski definition) is 0. The average Bonchev–Trinajstić information content (AvgIpc) is 2.06. The van der Waals surface area contributed by atoms with Crippen molar-refractivity contribution < 1.29 is 8.42 Å².